The molecule has 0 atom stereocenters. The molecule has 26 nitrogen and oxygen atoms in total. The number of rotatable bonds is 1. The van der Waals surface area contributed by atoms with Crippen LogP contribution in [0.25, 0.3) is 0 Å². The Hall–Kier alpha value is -2.50. The van der Waals surface area contributed by atoms with Gasteiger partial charge in [-0.3, -0.25) is 59.7 Å². The van der Waals surface area contributed by atoms with E-state index in [1.54, 1.807) is 0 Å². The van der Waals surface area contributed by atoms with Crippen molar-refractivity contribution in [3.63, 3.8) is 0 Å². The largest absolute Gasteiger partial charge is 0.493 e. The SMILES string of the molecule is NC(=O)c1c(O)nc2n(c1=O)CCCC2.O=S(=O)(O)O.O=S(=O)(O)O.O=S(=O)(O)O.O=S(=O)(O)O.O=S(=O)(O)O. The summed E-state index contributed by atoms with van der Waals surface area (Å²) in [5.74, 6) is -0.972. The van der Waals surface area contributed by atoms with Crippen molar-refractivity contribution in [3.05, 3.63) is 21.7 Å². The third kappa shape index (κ3) is 52.0. The van der Waals surface area contributed by atoms with E-state index >= 15 is 0 Å². The van der Waals surface area contributed by atoms with Crippen LogP contribution in [0, 0.1) is 0 Å². The fourth-order valence-corrected chi connectivity index (χ4v) is 1.78. The predicted molar refractivity (Wildman–Crippen MR) is 123 cm³/mol. The Kier molecular flexibility index (Phi) is 20.1. The van der Waals surface area contributed by atoms with Gasteiger partial charge in [0.25, 0.3) is 11.5 Å². The number of hydrogen-bond acceptors (Lipinski definition) is 14. The quantitative estimate of drug-likeness (QED) is 0.125. The summed E-state index contributed by atoms with van der Waals surface area (Å²) in [5, 5.41) is 9.39. The molecule has 1 aromatic rings. The minimum absolute atomic E-state index is 0.416. The van der Waals surface area contributed by atoms with Gasteiger partial charge in [0.05, 0.1) is 0 Å². The fraction of sp³-hybridized carbons (Fsp3) is 0.444. The van der Waals surface area contributed by atoms with Gasteiger partial charge in [0.2, 0.25) is 5.88 Å². The van der Waals surface area contributed by atoms with E-state index < -0.39 is 74.9 Å². The number of aryl methyl sites for hydroxylation is 1. The van der Waals surface area contributed by atoms with Gasteiger partial charge in [0.15, 0.2) is 5.56 Å². The van der Waals surface area contributed by atoms with Crippen molar-refractivity contribution in [2.45, 2.75) is 25.8 Å². The molecular formula is C9H21N3O23S5. The van der Waals surface area contributed by atoms with Gasteiger partial charge < -0.3 is 10.8 Å². The maximum atomic E-state index is 11.7. The van der Waals surface area contributed by atoms with Crippen LogP contribution in [0.4, 0.5) is 0 Å². The summed E-state index contributed by atoms with van der Waals surface area (Å²) in [6.07, 6.45) is 2.45. The first-order chi connectivity index (χ1) is 17.1. The van der Waals surface area contributed by atoms with E-state index in [4.69, 9.17) is 93.4 Å². The van der Waals surface area contributed by atoms with E-state index in [0.717, 1.165) is 12.8 Å². The summed E-state index contributed by atoms with van der Waals surface area (Å²) in [4.78, 5) is 26.5. The summed E-state index contributed by atoms with van der Waals surface area (Å²) in [7, 11) is -23.3. The van der Waals surface area contributed by atoms with Crippen LogP contribution in [-0.4, -0.2) is 108 Å². The zero-order valence-electron chi connectivity index (χ0n) is 18.7. The zero-order valence-corrected chi connectivity index (χ0v) is 22.7. The zero-order chi connectivity index (χ0) is 33.5. The van der Waals surface area contributed by atoms with Crippen LogP contribution in [0.15, 0.2) is 4.79 Å². The minimum Gasteiger partial charge on any atom is -0.493 e. The molecule has 0 spiro atoms. The molecule has 0 radical (unpaired) electrons. The lowest BCUT2D eigenvalue weighted by Crippen LogP contribution is -2.34. The molecule has 240 valence electrons. The fourth-order valence-electron chi connectivity index (χ4n) is 1.78. The average Bonchev–Trinajstić information content (AvgIpc) is 2.54. The van der Waals surface area contributed by atoms with E-state index in [2.05, 4.69) is 4.98 Å². The molecule has 0 unspecified atom stereocenters. The molecule has 0 saturated heterocycles. The number of carbonyl (C=O) groups excluding carboxylic acids is 1. The molecular weight excluding hydrogens is 678 g/mol. The van der Waals surface area contributed by atoms with Gasteiger partial charge in [-0.15, -0.1) is 0 Å². The average molecular weight is 700 g/mol. The lowest BCUT2D eigenvalue weighted by atomic mass is 10.1. The van der Waals surface area contributed by atoms with Crippen molar-refractivity contribution < 1.29 is 97.5 Å². The second-order valence-electron chi connectivity index (χ2n) is 5.74. The van der Waals surface area contributed by atoms with Crippen molar-refractivity contribution in [1.29, 1.82) is 0 Å². The van der Waals surface area contributed by atoms with E-state index in [1.165, 1.54) is 4.57 Å². The van der Waals surface area contributed by atoms with Gasteiger partial charge >= 0.3 is 52.0 Å². The monoisotopic (exact) mass is 699 g/mol. The molecule has 1 amide bonds. The Morgan fingerprint density at radius 1 is 0.650 bits per heavy atom. The number of hydrogen-bond donors (Lipinski definition) is 12. The number of aromatic nitrogens is 2. The molecule has 1 aliphatic rings. The van der Waals surface area contributed by atoms with Crippen LogP contribution in [0.2, 0.25) is 0 Å². The van der Waals surface area contributed by atoms with Gasteiger partial charge in [-0.2, -0.15) is 47.1 Å². The van der Waals surface area contributed by atoms with Crippen LogP contribution in [0.3, 0.4) is 0 Å². The van der Waals surface area contributed by atoms with Gasteiger partial charge in [-0.25, -0.2) is 0 Å². The van der Waals surface area contributed by atoms with E-state index in [1.807, 2.05) is 0 Å². The van der Waals surface area contributed by atoms with Gasteiger partial charge in [0, 0.05) is 13.0 Å². The van der Waals surface area contributed by atoms with Gasteiger partial charge in [0.1, 0.15) is 5.82 Å². The summed E-state index contributed by atoms with van der Waals surface area (Å²) in [6, 6.07) is 0. The minimum atomic E-state index is -4.67. The van der Waals surface area contributed by atoms with Crippen LogP contribution in [0.1, 0.15) is 29.0 Å². The summed E-state index contributed by atoms with van der Waals surface area (Å²) >= 11 is 0. The first-order valence-corrected chi connectivity index (χ1v) is 15.2. The molecule has 13 N–H and O–H groups in total. The number of aromatic hydroxyl groups is 1. The lowest BCUT2D eigenvalue weighted by molar-refractivity contribution is 0.0994. The number of amides is 1. The van der Waals surface area contributed by atoms with Crippen molar-refractivity contribution in [3.8, 4) is 5.88 Å². The number of nitrogens with two attached hydrogens (primary N) is 1. The molecule has 2 rings (SSSR count). The van der Waals surface area contributed by atoms with Crippen LogP contribution >= 0.6 is 0 Å². The normalized spacial score (nSPS) is 12.8. The first kappa shape index (κ1) is 44.5. The maximum Gasteiger partial charge on any atom is 0.394 e. The Bertz CT molecular complexity index is 1340. The molecule has 0 aliphatic carbocycles. The second kappa shape index (κ2) is 18.0. The molecule has 1 aliphatic heterocycles. The highest BCUT2D eigenvalue weighted by atomic mass is 32.3. The third-order valence-electron chi connectivity index (χ3n) is 2.51. The second-order valence-corrected chi connectivity index (χ2v) is 10.2. The summed E-state index contributed by atoms with van der Waals surface area (Å²) in [5.41, 5.74) is 4.04. The molecule has 31 heteroatoms. The van der Waals surface area contributed by atoms with Crippen molar-refractivity contribution in [2.24, 2.45) is 5.73 Å². The molecule has 0 fully saturated rings. The number of carbonyl (C=O) groups is 1. The highest BCUT2D eigenvalue weighted by Crippen LogP contribution is 2.15. The predicted octanol–water partition coefficient (Wildman–Crippen LogP) is -3.88. The van der Waals surface area contributed by atoms with Gasteiger partial charge in [-0.1, -0.05) is 0 Å². The van der Waals surface area contributed by atoms with Crippen LogP contribution in [-0.2, 0) is 65.0 Å². The molecule has 40 heavy (non-hydrogen) atoms. The van der Waals surface area contributed by atoms with Crippen molar-refractivity contribution in [1.82, 2.24) is 9.55 Å². The van der Waals surface area contributed by atoms with E-state index in [-0.39, 0.29) is 0 Å². The molecule has 2 heterocycles. The molecule has 1 aromatic heterocycles. The Morgan fingerprint density at radius 2 is 0.925 bits per heavy atom. The topological polar surface area (TPSA) is 471 Å². The Labute approximate surface area is 224 Å². The van der Waals surface area contributed by atoms with Crippen molar-refractivity contribution in [2.75, 3.05) is 0 Å². The van der Waals surface area contributed by atoms with Crippen LogP contribution < -0.4 is 11.3 Å². The third-order valence-corrected chi connectivity index (χ3v) is 2.51. The number of nitrogens with zero attached hydrogens (tertiary/aromatic N) is 2. The van der Waals surface area contributed by atoms with Crippen LogP contribution in [0.5, 0.6) is 5.88 Å². The highest BCUT2D eigenvalue weighted by Gasteiger charge is 2.21. The summed E-state index contributed by atoms with van der Waals surface area (Å²) < 4.78 is 159. The maximum absolute atomic E-state index is 11.7. The van der Waals surface area contributed by atoms with Crippen molar-refractivity contribution >= 4 is 57.9 Å². The smallest absolute Gasteiger partial charge is 0.394 e. The van der Waals surface area contributed by atoms with E-state index in [9.17, 15) is 14.7 Å². The Balaban J connectivity index is -0.000000218. The summed E-state index contributed by atoms with van der Waals surface area (Å²) in [6.45, 7) is 0.529. The molecule has 0 saturated carbocycles. The first-order valence-electron chi connectivity index (χ1n) is 8.23. The molecule has 0 bridgehead atoms. The lowest BCUT2D eigenvalue weighted by Gasteiger charge is -2.17. The molecule has 0 aromatic carbocycles. The standard InChI is InChI=1S/C9H11N3O3.5H2O4S/c10-7(13)6-8(14)11-5-3-1-2-4-12(5)9(6)15;5*1-5(2,3)4/h14H,1-4H2,(H2,10,13);5*(H2,1,2,3,4). The Morgan fingerprint density at radius 3 is 1.18 bits per heavy atom. The van der Waals surface area contributed by atoms with Gasteiger partial charge in [-0.05, 0) is 12.8 Å². The number of fused-ring (bicyclic) bond motifs is 1. The number of primary amides is 1. The van der Waals surface area contributed by atoms with E-state index in [0.29, 0.717) is 18.8 Å². The highest BCUT2D eigenvalue weighted by molar-refractivity contribution is 7.80.